The molecule has 1 aliphatic rings. The van der Waals surface area contributed by atoms with Crippen LogP contribution in [0.1, 0.15) is 13.2 Å². The maximum absolute atomic E-state index is 10.2. The highest BCUT2D eigenvalue weighted by Gasteiger charge is 2.46. The molecule has 1 aliphatic heterocycles. The van der Waals surface area contributed by atoms with Crippen LogP contribution in [0.4, 0.5) is 5.82 Å². The number of terminal acetylenes is 1. The van der Waals surface area contributed by atoms with E-state index in [-0.39, 0.29) is 11.7 Å². The predicted molar refractivity (Wildman–Crippen MR) is 73.7 cm³/mol. The zero-order valence-electron chi connectivity index (χ0n) is 11.3. The summed E-state index contributed by atoms with van der Waals surface area (Å²) in [5.74, 6) is 2.40. The lowest BCUT2D eigenvalue weighted by Crippen LogP contribution is -2.34. The van der Waals surface area contributed by atoms with Gasteiger partial charge in [0.25, 0.3) is 0 Å². The maximum atomic E-state index is 10.2. The van der Waals surface area contributed by atoms with E-state index in [2.05, 4.69) is 20.9 Å². The SMILES string of the molecule is C#CC(C)C1O[C@@H](n2cnc3c(N)ncnc32)[C@H](O)[C@H]1O. The van der Waals surface area contributed by atoms with E-state index in [9.17, 15) is 10.2 Å². The Hall–Kier alpha value is -2.21. The van der Waals surface area contributed by atoms with Gasteiger partial charge in [0.1, 0.15) is 30.2 Å². The van der Waals surface area contributed by atoms with E-state index in [0.717, 1.165) is 0 Å². The van der Waals surface area contributed by atoms with E-state index < -0.39 is 24.5 Å². The first-order chi connectivity index (χ1) is 10.0. The Morgan fingerprint density at radius 2 is 2.14 bits per heavy atom. The molecule has 0 bridgehead atoms. The van der Waals surface area contributed by atoms with Crippen molar-refractivity contribution in [2.75, 3.05) is 5.73 Å². The third kappa shape index (κ3) is 2.03. The van der Waals surface area contributed by atoms with Gasteiger partial charge in [-0.15, -0.1) is 12.3 Å². The van der Waals surface area contributed by atoms with Crippen molar-refractivity contribution in [2.45, 2.75) is 31.5 Å². The minimum Gasteiger partial charge on any atom is -0.387 e. The van der Waals surface area contributed by atoms with Gasteiger partial charge >= 0.3 is 0 Å². The van der Waals surface area contributed by atoms with Crippen LogP contribution in [0.15, 0.2) is 12.7 Å². The molecule has 0 aromatic carbocycles. The third-order valence-corrected chi connectivity index (χ3v) is 3.69. The van der Waals surface area contributed by atoms with Crippen molar-refractivity contribution >= 4 is 17.0 Å². The fourth-order valence-corrected chi connectivity index (χ4v) is 2.48. The molecular formula is C13H15N5O3. The second-order valence-corrected chi connectivity index (χ2v) is 5.01. The Kier molecular flexibility index (Phi) is 3.25. The monoisotopic (exact) mass is 289 g/mol. The Balaban J connectivity index is 2.00. The maximum Gasteiger partial charge on any atom is 0.167 e. The predicted octanol–water partition coefficient (Wildman–Crippen LogP) is -0.703. The van der Waals surface area contributed by atoms with Gasteiger partial charge < -0.3 is 20.7 Å². The molecule has 0 saturated carbocycles. The summed E-state index contributed by atoms with van der Waals surface area (Å²) in [4.78, 5) is 12.1. The van der Waals surface area contributed by atoms with Gasteiger partial charge in [-0.05, 0) is 6.92 Å². The minimum atomic E-state index is -1.14. The Morgan fingerprint density at radius 3 is 2.86 bits per heavy atom. The van der Waals surface area contributed by atoms with E-state index in [1.165, 1.54) is 17.2 Å². The highest BCUT2D eigenvalue weighted by atomic mass is 16.6. The van der Waals surface area contributed by atoms with Gasteiger partial charge in [-0.25, -0.2) is 15.0 Å². The van der Waals surface area contributed by atoms with Gasteiger partial charge in [0.15, 0.2) is 17.7 Å². The summed E-state index contributed by atoms with van der Waals surface area (Å²) in [6.07, 6.45) is 4.38. The molecule has 8 nitrogen and oxygen atoms in total. The Labute approximate surface area is 120 Å². The molecule has 21 heavy (non-hydrogen) atoms. The number of nitrogens with zero attached hydrogens (tertiary/aromatic N) is 4. The second kappa shape index (κ2) is 4.96. The van der Waals surface area contributed by atoms with Crippen molar-refractivity contribution in [3.05, 3.63) is 12.7 Å². The highest BCUT2D eigenvalue weighted by molar-refractivity contribution is 5.81. The van der Waals surface area contributed by atoms with Gasteiger partial charge in [-0.1, -0.05) is 0 Å². The number of fused-ring (bicyclic) bond motifs is 1. The van der Waals surface area contributed by atoms with E-state index in [0.29, 0.717) is 11.2 Å². The summed E-state index contributed by atoms with van der Waals surface area (Å²) in [5.41, 5.74) is 6.56. The second-order valence-electron chi connectivity index (χ2n) is 5.01. The number of hydrogen-bond acceptors (Lipinski definition) is 7. The summed E-state index contributed by atoms with van der Waals surface area (Å²) >= 11 is 0. The van der Waals surface area contributed by atoms with Gasteiger partial charge in [0, 0.05) is 5.92 Å². The molecule has 0 amide bonds. The number of anilines is 1. The molecule has 110 valence electrons. The van der Waals surface area contributed by atoms with Crippen LogP contribution in [0.25, 0.3) is 11.2 Å². The molecule has 2 unspecified atom stereocenters. The topological polar surface area (TPSA) is 119 Å². The molecule has 0 radical (unpaired) electrons. The van der Waals surface area contributed by atoms with Crippen LogP contribution in [0.3, 0.4) is 0 Å². The number of aliphatic hydroxyl groups excluding tert-OH is 2. The van der Waals surface area contributed by atoms with Crippen LogP contribution in [0.2, 0.25) is 0 Å². The number of aliphatic hydroxyl groups is 2. The van der Waals surface area contributed by atoms with Gasteiger partial charge in [0.05, 0.1) is 6.33 Å². The summed E-state index contributed by atoms with van der Waals surface area (Å²) in [6, 6.07) is 0. The van der Waals surface area contributed by atoms with Crippen LogP contribution < -0.4 is 5.73 Å². The summed E-state index contributed by atoms with van der Waals surface area (Å²) in [7, 11) is 0. The van der Waals surface area contributed by atoms with Crippen molar-refractivity contribution in [3.63, 3.8) is 0 Å². The quantitative estimate of drug-likeness (QED) is 0.625. The number of imidazole rings is 1. The molecule has 5 atom stereocenters. The average Bonchev–Trinajstić information content (AvgIpc) is 3.02. The zero-order chi connectivity index (χ0) is 15.1. The van der Waals surface area contributed by atoms with Crippen molar-refractivity contribution < 1.29 is 14.9 Å². The van der Waals surface area contributed by atoms with E-state index in [1.54, 1.807) is 6.92 Å². The first kappa shape index (κ1) is 13.8. The van der Waals surface area contributed by atoms with Crippen LogP contribution >= 0.6 is 0 Å². The zero-order valence-corrected chi connectivity index (χ0v) is 11.3. The van der Waals surface area contributed by atoms with Crippen molar-refractivity contribution in [2.24, 2.45) is 5.92 Å². The van der Waals surface area contributed by atoms with Crippen molar-refractivity contribution in [1.29, 1.82) is 0 Å². The summed E-state index contributed by atoms with van der Waals surface area (Å²) in [6.45, 7) is 1.75. The van der Waals surface area contributed by atoms with Crippen LogP contribution in [-0.2, 0) is 4.74 Å². The van der Waals surface area contributed by atoms with Gasteiger partial charge in [-0.3, -0.25) is 4.57 Å². The first-order valence-electron chi connectivity index (χ1n) is 6.45. The Bertz CT molecular complexity index is 709. The summed E-state index contributed by atoms with van der Waals surface area (Å²) in [5, 5.41) is 20.3. The number of ether oxygens (including phenoxy) is 1. The van der Waals surface area contributed by atoms with Crippen molar-refractivity contribution in [3.8, 4) is 12.3 Å². The molecule has 0 aliphatic carbocycles. The largest absolute Gasteiger partial charge is 0.387 e. The number of nitrogens with two attached hydrogens (primary N) is 1. The first-order valence-corrected chi connectivity index (χ1v) is 6.45. The molecular weight excluding hydrogens is 274 g/mol. The lowest BCUT2D eigenvalue weighted by molar-refractivity contribution is -0.0441. The van der Waals surface area contributed by atoms with E-state index in [4.69, 9.17) is 16.9 Å². The molecule has 3 heterocycles. The molecule has 4 N–H and O–H groups in total. The highest BCUT2D eigenvalue weighted by Crippen LogP contribution is 2.34. The van der Waals surface area contributed by atoms with Crippen LogP contribution in [-0.4, -0.2) is 48.0 Å². The number of rotatable bonds is 2. The molecule has 1 fully saturated rings. The third-order valence-electron chi connectivity index (χ3n) is 3.69. The molecule has 0 spiro atoms. The minimum absolute atomic E-state index is 0.236. The van der Waals surface area contributed by atoms with Crippen molar-refractivity contribution in [1.82, 2.24) is 19.5 Å². The number of hydrogen-bond donors (Lipinski definition) is 3. The molecule has 2 aromatic heterocycles. The molecule has 8 heteroatoms. The van der Waals surface area contributed by atoms with Crippen LogP contribution in [0, 0.1) is 18.3 Å². The van der Waals surface area contributed by atoms with Gasteiger partial charge in [-0.2, -0.15) is 0 Å². The number of aromatic nitrogens is 4. The summed E-state index contributed by atoms with van der Waals surface area (Å²) < 4.78 is 7.23. The molecule has 1 saturated heterocycles. The lowest BCUT2D eigenvalue weighted by Gasteiger charge is -2.17. The van der Waals surface area contributed by atoms with Gasteiger partial charge in [0.2, 0.25) is 0 Å². The fourth-order valence-electron chi connectivity index (χ4n) is 2.48. The van der Waals surface area contributed by atoms with E-state index in [1.807, 2.05) is 0 Å². The normalized spacial score (nSPS) is 30.4. The molecule has 3 rings (SSSR count). The number of nitrogen functional groups attached to an aromatic ring is 1. The lowest BCUT2D eigenvalue weighted by atomic mass is 9.99. The fraction of sp³-hybridized carbons (Fsp3) is 0.462. The smallest absolute Gasteiger partial charge is 0.167 e. The Morgan fingerprint density at radius 1 is 1.38 bits per heavy atom. The average molecular weight is 289 g/mol. The van der Waals surface area contributed by atoms with E-state index >= 15 is 0 Å². The standard InChI is InChI=1S/C13H15N5O3/c1-3-6(2)10-8(19)9(20)13(21-10)18-5-17-7-11(14)15-4-16-12(7)18/h1,4-6,8-10,13,19-20H,2H3,(H2,14,15,16)/t6?,8-,9-,10?,13-/m1/s1. The molecule has 2 aromatic rings. The van der Waals surface area contributed by atoms with Crippen LogP contribution in [0.5, 0.6) is 0 Å².